The van der Waals surface area contributed by atoms with E-state index in [0.29, 0.717) is 11.4 Å². The van der Waals surface area contributed by atoms with Crippen LogP contribution in [0.3, 0.4) is 0 Å². The van der Waals surface area contributed by atoms with Crippen LogP contribution >= 0.6 is 0 Å². The lowest BCUT2D eigenvalue weighted by Crippen LogP contribution is -2.39. The van der Waals surface area contributed by atoms with Crippen LogP contribution < -0.4 is 22.5 Å². The molecule has 0 heterocycles. The predicted molar refractivity (Wildman–Crippen MR) is 59.6 cm³/mol. The van der Waals surface area contributed by atoms with Gasteiger partial charge in [-0.3, -0.25) is 5.32 Å². The molecule has 1 aromatic carbocycles. The van der Waals surface area contributed by atoms with Gasteiger partial charge in [-0.15, -0.1) is 0 Å². The molecule has 2 amide bonds. The highest BCUT2D eigenvalue weighted by molar-refractivity contribution is 5.95. The predicted octanol–water partition coefficient (Wildman–Crippen LogP) is 0.192. The Hall–Kier alpha value is -2.24. The highest BCUT2D eigenvalue weighted by atomic mass is 16.2. The number of carbonyl (C=O) groups excluding carboxylic acids is 1. The number of carbonyl (C=O) groups is 1. The Bertz CT molecular complexity index is 413. The zero-order chi connectivity index (χ0) is 11.4. The van der Waals surface area contributed by atoms with Crippen LogP contribution in [0.5, 0.6) is 0 Å². The molecule has 0 aliphatic rings. The number of urea groups is 1. The van der Waals surface area contributed by atoms with Gasteiger partial charge < -0.3 is 17.2 Å². The number of amides is 2. The molecule has 6 nitrogen and oxygen atoms in total. The highest BCUT2D eigenvalue weighted by Crippen LogP contribution is 2.20. The van der Waals surface area contributed by atoms with Gasteiger partial charge >= 0.3 is 6.03 Å². The van der Waals surface area contributed by atoms with Crippen LogP contribution in [0, 0.1) is 6.92 Å². The maximum Gasteiger partial charge on any atom is 0.318 e. The van der Waals surface area contributed by atoms with Crippen LogP contribution in [0.4, 0.5) is 16.2 Å². The molecule has 1 rings (SSSR count). The number of rotatable bonds is 1. The third-order valence-corrected chi connectivity index (χ3v) is 1.73. The summed E-state index contributed by atoms with van der Waals surface area (Å²) in [5.74, 6) is -0.0591. The fourth-order valence-electron chi connectivity index (χ4n) is 1.03. The zero-order valence-electron chi connectivity index (χ0n) is 8.32. The first kappa shape index (κ1) is 10.8. The van der Waals surface area contributed by atoms with E-state index in [9.17, 15) is 4.79 Å². The van der Waals surface area contributed by atoms with Gasteiger partial charge in [0.25, 0.3) is 0 Å². The number of nitrogens with zero attached hydrogens (tertiary/aromatic N) is 1. The molecule has 7 N–H and O–H groups in total. The molecule has 80 valence electrons. The molecule has 0 aliphatic carbocycles. The van der Waals surface area contributed by atoms with Gasteiger partial charge in [0.2, 0.25) is 5.96 Å². The molecule has 0 unspecified atom stereocenters. The Balaban J connectivity index is 2.96. The molecule has 0 aliphatic heterocycles. The third kappa shape index (κ3) is 3.18. The molecule has 0 fully saturated rings. The van der Waals surface area contributed by atoms with Crippen LogP contribution in [0.25, 0.3) is 0 Å². The minimum absolute atomic E-state index is 0.0591. The van der Waals surface area contributed by atoms with Gasteiger partial charge in [0.05, 0.1) is 5.69 Å². The number of nitrogen functional groups attached to an aromatic ring is 1. The topological polar surface area (TPSA) is 120 Å². The first-order valence-electron chi connectivity index (χ1n) is 4.26. The van der Waals surface area contributed by atoms with Crippen LogP contribution in [0.1, 0.15) is 5.56 Å². The van der Waals surface area contributed by atoms with Crippen molar-refractivity contribution in [3.8, 4) is 0 Å². The fourth-order valence-corrected chi connectivity index (χ4v) is 1.03. The highest BCUT2D eigenvalue weighted by Gasteiger charge is 2.00. The quantitative estimate of drug-likeness (QED) is 0.299. The lowest BCUT2D eigenvalue weighted by atomic mass is 10.2. The summed E-state index contributed by atoms with van der Waals surface area (Å²) in [7, 11) is 0. The van der Waals surface area contributed by atoms with Crippen LogP contribution in [-0.2, 0) is 0 Å². The summed E-state index contributed by atoms with van der Waals surface area (Å²) < 4.78 is 0. The number of guanidine groups is 1. The number of nitrogens with two attached hydrogens (primary N) is 3. The van der Waals surface area contributed by atoms with Crippen molar-refractivity contribution in [1.82, 2.24) is 5.32 Å². The number of aryl methyl sites for hydroxylation is 1. The summed E-state index contributed by atoms with van der Waals surface area (Å²) in [4.78, 5) is 14.4. The number of primary amides is 1. The van der Waals surface area contributed by atoms with Gasteiger partial charge in [-0.05, 0) is 24.6 Å². The third-order valence-electron chi connectivity index (χ3n) is 1.73. The van der Waals surface area contributed by atoms with E-state index in [1.165, 1.54) is 0 Å². The Kier molecular flexibility index (Phi) is 3.12. The Morgan fingerprint density at radius 1 is 1.40 bits per heavy atom. The van der Waals surface area contributed by atoms with Crippen molar-refractivity contribution in [2.45, 2.75) is 6.92 Å². The van der Waals surface area contributed by atoms with E-state index in [4.69, 9.17) is 17.2 Å². The van der Waals surface area contributed by atoms with Gasteiger partial charge in [-0.2, -0.15) is 0 Å². The van der Waals surface area contributed by atoms with Crippen molar-refractivity contribution in [3.05, 3.63) is 23.8 Å². The Morgan fingerprint density at radius 3 is 2.67 bits per heavy atom. The van der Waals surface area contributed by atoms with E-state index < -0.39 is 6.03 Å². The van der Waals surface area contributed by atoms with Crippen molar-refractivity contribution in [1.29, 1.82) is 0 Å². The van der Waals surface area contributed by atoms with E-state index in [0.717, 1.165) is 5.56 Å². The van der Waals surface area contributed by atoms with E-state index in [1.54, 1.807) is 12.1 Å². The maximum atomic E-state index is 10.5. The summed E-state index contributed by atoms with van der Waals surface area (Å²) >= 11 is 0. The maximum absolute atomic E-state index is 10.5. The van der Waals surface area contributed by atoms with Gasteiger partial charge in [-0.25, -0.2) is 9.79 Å². The number of benzene rings is 1. The molecule has 0 aromatic heterocycles. The number of hydrogen-bond donors (Lipinski definition) is 4. The second kappa shape index (κ2) is 4.32. The van der Waals surface area contributed by atoms with E-state index in [1.807, 2.05) is 13.0 Å². The van der Waals surface area contributed by atoms with Crippen molar-refractivity contribution < 1.29 is 4.79 Å². The van der Waals surface area contributed by atoms with Crippen molar-refractivity contribution >= 4 is 23.4 Å². The minimum Gasteiger partial charge on any atom is -0.399 e. The van der Waals surface area contributed by atoms with Gasteiger partial charge in [-0.1, -0.05) is 6.07 Å². The molecule has 15 heavy (non-hydrogen) atoms. The summed E-state index contributed by atoms with van der Waals surface area (Å²) in [6.07, 6.45) is 0. The number of nitrogens with one attached hydrogen (secondary N) is 1. The Labute approximate surface area is 87.2 Å². The molecule has 0 atom stereocenters. The molecule has 0 saturated heterocycles. The monoisotopic (exact) mass is 207 g/mol. The van der Waals surface area contributed by atoms with Gasteiger partial charge in [0.15, 0.2) is 0 Å². The molecular formula is C9H13N5O. The average molecular weight is 207 g/mol. The summed E-state index contributed by atoms with van der Waals surface area (Å²) in [5.41, 5.74) is 18.0. The van der Waals surface area contributed by atoms with Crippen LogP contribution in [0.15, 0.2) is 23.2 Å². The number of aliphatic imine (C=N–C) groups is 1. The second-order valence-electron chi connectivity index (χ2n) is 3.03. The molecule has 0 radical (unpaired) electrons. The molecule has 6 heteroatoms. The molecule has 0 bridgehead atoms. The zero-order valence-corrected chi connectivity index (χ0v) is 8.32. The molecule has 1 aromatic rings. The summed E-state index contributed by atoms with van der Waals surface area (Å²) in [6.45, 7) is 1.86. The standard InChI is InChI=1S/C9H13N5O/c1-5-2-3-6(10)4-7(5)13-8(11)14-9(12)15/h2-4H,10H2,1H3,(H5,11,12,13,14,15). The van der Waals surface area contributed by atoms with Crippen molar-refractivity contribution in [3.63, 3.8) is 0 Å². The fraction of sp³-hybridized carbons (Fsp3) is 0.111. The normalized spacial score (nSPS) is 11.1. The first-order chi connectivity index (χ1) is 6.99. The largest absolute Gasteiger partial charge is 0.399 e. The molecular weight excluding hydrogens is 194 g/mol. The lowest BCUT2D eigenvalue weighted by Gasteiger charge is -2.04. The van der Waals surface area contributed by atoms with E-state index in [2.05, 4.69) is 10.3 Å². The lowest BCUT2D eigenvalue weighted by molar-refractivity contribution is 0.253. The van der Waals surface area contributed by atoms with Crippen LogP contribution in [-0.4, -0.2) is 12.0 Å². The number of hydrogen-bond acceptors (Lipinski definition) is 3. The number of anilines is 1. The van der Waals surface area contributed by atoms with E-state index >= 15 is 0 Å². The Morgan fingerprint density at radius 2 is 2.07 bits per heavy atom. The molecule has 0 spiro atoms. The van der Waals surface area contributed by atoms with Crippen molar-refractivity contribution in [2.24, 2.45) is 16.5 Å². The summed E-state index contributed by atoms with van der Waals surface area (Å²) in [5, 5.41) is 2.16. The van der Waals surface area contributed by atoms with Gasteiger partial charge in [0, 0.05) is 5.69 Å². The second-order valence-corrected chi connectivity index (χ2v) is 3.03. The minimum atomic E-state index is -0.752. The van der Waals surface area contributed by atoms with E-state index in [-0.39, 0.29) is 5.96 Å². The van der Waals surface area contributed by atoms with Crippen molar-refractivity contribution in [2.75, 3.05) is 5.73 Å². The molecule has 0 saturated carbocycles. The van der Waals surface area contributed by atoms with Gasteiger partial charge in [0.1, 0.15) is 0 Å². The summed E-state index contributed by atoms with van der Waals surface area (Å²) in [6, 6.07) is 4.47. The van der Waals surface area contributed by atoms with Crippen LogP contribution in [0.2, 0.25) is 0 Å². The smallest absolute Gasteiger partial charge is 0.318 e. The SMILES string of the molecule is Cc1ccc(N)cc1N=C(N)NC(N)=O. The first-order valence-corrected chi connectivity index (χ1v) is 4.26. The average Bonchev–Trinajstić information content (AvgIpc) is 2.10.